The van der Waals surface area contributed by atoms with Crippen molar-refractivity contribution in [2.24, 2.45) is 0 Å². The molecule has 0 aliphatic heterocycles. The molecule has 0 amide bonds. The van der Waals surface area contributed by atoms with E-state index in [1.807, 2.05) is 30.3 Å². The van der Waals surface area contributed by atoms with E-state index in [4.69, 9.17) is 0 Å². The molecule has 0 saturated carbocycles. The van der Waals surface area contributed by atoms with Crippen LogP contribution in [0.3, 0.4) is 0 Å². The quantitative estimate of drug-likeness (QED) is 0.284. The van der Waals surface area contributed by atoms with E-state index in [2.05, 4.69) is 0 Å². The van der Waals surface area contributed by atoms with Crippen LogP contribution in [-0.2, 0) is 10.1 Å². The molecule has 0 fully saturated rings. The van der Waals surface area contributed by atoms with E-state index in [0.717, 1.165) is 4.90 Å². The summed E-state index contributed by atoms with van der Waals surface area (Å²) < 4.78 is 30.8. The second kappa shape index (κ2) is 7.70. The second-order valence-electron chi connectivity index (χ2n) is 2.78. The van der Waals surface area contributed by atoms with E-state index >= 15 is 0 Å². The maximum absolute atomic E-state index is 10.3. The molecule has 3 nitrogen and oxygen atoms in total. The molecule has 0 unspecified atom stereocenters. The Bertz CT molecular complexity index is 364. The predicted molar refractivity (Wildman–Crippen MR) is 56.3 cm³/mol. The van der Waals surface area contributed by atoms with Crippen molar-refractivity contribution in [2.45, 2.75) is 11.3 Å². The van der Waals surface area contributed by atoms with Gasteiger partial charge >= 0.3 is 29.6 Å². The molecular formula is C9H11NaO3S2. The summed E-state index contributed by atoms with van der Waals surface area (Å²) in [5.74, 6) is 0.387. The van der Waals surface area contributed by atoms with Crippen LogP contribution in [0.2, 0.25) is 0 Å². The first-order valence-electron chi connectivity index (χ1n) is 4.19. The number of thioether (sulfide) groups is 1. The topological polar surface area (TPSA) is 57.2 Å². The van der Waals surface area contributed by atoms with Gasteiger partial charge in [0, 0.05) is 10.6 Å². The minimum Gasteiger partial charge on any atom is -0.748 e. The maximum Gasteiger partial charge on any atom is 1.00 e. The first-order chi connectivity index (χ1) is 6.58. The van der Waals surface area contributed by atoms with E-state index in [9.17, 15) is 13.0 Å². The summed E-state index contributed by atoms with van der Waals surface area (Å²) in [4.78, 5) is 1.09. The Morgan fingerprint density at radius 2 is 1.80 bits per heavy atom. The Hall–Kier alpha value is 0.480. The molecule has 1 rings (SSSR count). The maximum atomic E-state index is 10.3. The monoisotopic (exact) mass is 254 g/mol. The molecule has 0 saturated heterocycles. The molecule has 0 heterocycles. The Morgan fingerprint density at radius 1 is 1.20 bits per heavy atom. The molecule has 15 heavy (non-hydrogen) atoms. The zero-order valence-corrected chi connectivity index (χ0v) is 12.2. The molecule has 0 aliphatic rings. The van der Waals surface area contributed by atoms with Crippen molar-refractivity contribution in [1.82, 2.24) is 0 Å². The van der Waals surface area contributed by atoms with Crippen LogP contribution in [-0.4, -0.2) is 24.5 Å². The van der Waals surface area contributed by atoms with Gasteiger partial charge < -0.3 is 4.55 Å². The van der Waals surface area contributed by atoms with Crippen LogP contribution in [0.4, 0.5) is 0 Å². The molecule has 0 spiro atoms. The smallest absolute Gasteiger partial charge is 0.748 e. The van der Waals surface area contributed by atoms with E-state index < -0.39 is 10.1 Å². The van der Waals surface area contributed by atoms with Crippen LogP contribution in [0, 0.1) is 0 Å². The van der Waals surface area contributed by atoms with Gasteiger partial charge in [-0.3, -0.25) is 0 Å². The third kappa shape index (κ3) is 8.30. The molecule has 78 valence electrons. The summed E-state index contributed by atoms with van der Waals surface area (Å²) in [7, 11) is -4.04. The van der Waals surface area contributed by atoms with Crippen LogP contribution in [0.5, 0.6) is 0 Å². The first-order valence-corrected chi connectivity index (χ1v) is 6.76. The zero-order valence-electron chi connectivity index (χ0n) is 8.55. The van der Waals surface area contributed by atoms with Crippen molar-refractivity contribution in [3.63, 3.8) is 0 Å². The summed E-state index contributed by atoms with van der Waals surface area (Å²) >= 11 is 1.56. The van der Waals surface area contributed by atoms with Crippen LogP contribution in [0.15, 0.2) is 35.2 Å². The number of benzene rings is 1. The molecule has 1 aromatic carbocycles. The third-order valence-corrected chi connectivity index (χ3v) is 3.44. The molecule has 0 bridgehead atoms. The number of hydrogen-bond donors (Lipinski definition) is 0. The van der Waals surface area contributed by atoms with E-state index in [0.29, 0.717) is 12.2 Å². The van der Waals surface area contributed by atoms with Crippen molar-refractivity contribution in [1.29, 1.82) is 0 Å². The predicted octanol–water partition coefficient (Wildman–Crippen LogP) is -1.28. The standard InChI is InChI=1S/C9H12O3S2.Na/c10-14(11,12)8-4-7-13-9-5-2-1-3-6-9;/h1-3,5-6H,4,7-8H2,(H,10,11,12);/q;+1/p-1. The van der Waals surface area contributed by atoms with Gasteiger partial charge in [-0.2, -0.15) is 0 Å². The zero-order chi connectivity index (χ0) is 10.4. The Labute approximate surface area is 117 Å². The van der Waals surface area contributed by atoms with Crippen LogP contribution < -0.4 is 29.6 Å². The van der Waals surface area contributed by atoms with Crippen LogP contribution >= 0.6 is 11.8 Å². The summed E-state index contributed by atoms with van der Waals surface area (Å²) in [6, 6.07) is 9.68. The average molecular weight is 254 g/mol. The molecule has 0 radical (unpaired) electrons. The van der Waals surface area contributed by atoms with Gasteiger partial charge in [-0.1, -0.05) is 18.2 Å². The molecule has 0 aromatic heterocycles. The molecule has 0 atom stereocenters. The van der Waals surface area contributed by atoms with Gasteiger partial charge in [-0.15, -0.1) is 11.8 Å². The fourth-order valence-corrected chi connectivity index (χ4v) is 2.50. The normalized spacial score (nSPS) is 10.7. The van der Waals surface area contributed by atoms with Gasteiger partial charge in [-0.25, -0.2) is 8.42 Å². The van der Waals surface area contributed by atoms with Crippen molar-refractivity contribution in [3.05, 3.63) is 30.3 Å². The fraction of sp³-hybridized carbons (Fsp3) is 0.333. The van der Waals surface area contributed by atoms with Gasteiger partial charge in [0.1, 0.15) is 0 Å². The van der Waals surface area contributed by atoms with Gasteiger partial charge in [0.25, 0.3) is 0 Å². The van der Waals surface area contributed by atoms with Crippen LogP contribution in [0.1, 0.15) is 6.42 Å². The molecule has 0 N–H and O–H groups in total. The Kier molecular flexibility index (Phi) is 7.95. The van der Waals surface area contributed by atoms with E-state index in [-0.39, 0.29) is 35.3 Å². The average Bonchev–Trinajstić information content (AvgIpc) is 2.13. The third-order valence-electron chi connectivity index (χ3n) is 1.55. The summed E-state index contributed by atoms with van der Waals surface area (Å²) in [6.07, 6.45) is 0.408. The van der Waals surface area contributed by atoms with Gasteiger partial charge in [0.2, 0.25) is 0 Å². The SMILES string of the molecule is O=S(=O)([O-])CCCSc1ccccc1.[Na+]. The van der Waals surface area contributed by atoms with Crippen molar-refractivity contribution in [3.8, 4) is 0 Å². The molecular weight excluding hydrogens is 243 g/mol. The van der Waals surface area contributed by atoms with E-state index in [1.165, 1.54) is 0 Å². The van der Waals surface area contributed by atoms with E-state index in [1.54, 1.807) is 11.8 Å². The van der Waals surface area contributed by atoms with Crippen molar-refractivity contribution < 1.29 is 42.5 Å². The molecule has 1 aromatic rings. The fourth-order valence-electron chi connectivity index (χ4n) is 0.942. The van der Waals surface area contributed by atoms with Crippen molar-refractivity contribution >= 4 is 21.9 Å². The Morgan fingerprint density at radius 3 is 2.33 bits per heavy atom. The number of rotatable bonds is 5. The molecule has 6 heteroatoms. The van der Waals surface area contributed by atoms with Crippen LogP contribution in [0.25, 0.3) is 0 Å². The summed E-state index contributed by atoms with van der Waals surface area (Å²) in [5.41, 5.74) is 0. The largest absolute Gasteiger partial charge is 1.00 e. The second-order valence-corrected chi connectivity index (χ2v) is 5.47. The summed E-state index contributed by atoms with van der Waals surface area (Å²) in [6.45, 7) is 0. The van der Waals surface area contributed by atoms with Gasteiger partial charge in [-0.05, 0) is 24.3 Å². The minimum absolute atomic E-state index is 0. The summed E-state index contributed by atoms with van der Waals surface area (Å²) in [5, 5.41) is 0. The van der Waals surface area contributed by atoms with Crippen molar-refractivity contribution in [2.75, 3.05) is 11.5 Å². The van der Waals surface area contributed by atoms with Gasteiger partial charge in [0.05, 0.1) is 10.1 Å². The molecule has 0 aliphatic carbocycles. The number of hydrogen-bond acceptors (Lipinski definition) is 4. The first kappa shape index (κ1) is 15.5. The van der Waals surface area contributed by atoms with Gasteiger partial charge in [0.15, 0.2) is 0 Å². The minimum atomic E-state index is -4.04. The Balaban J connectivity index is 0.00000196.